The summed E-state index contributed by atoms with van der Waals surface area (Å²) in [6.45, 7) is 0.533. The van der Waals surface area contributed by atoms with Crippen LogP contribution in [0.15, 0.2) is 0 Å². The summed E-state index contributed by atoms with van der Waals surface area (Å²) in [5.74, 6) is -0.490. The minimum absolute atomic E-state index is 0.0562. The maximum atomic E-state index is 12.4. The first-order chi connectivity index (χ1) is 10.1. The number of amides is 3. The second kappa shape index (κ2) is 7.54. The maximum Gasteiger partial charge on any atom is 0.247 e. The summed E-state index contributed by atoms with van der Waals surface area (Å²) in [7, 11) is 0. The van der Waals surface area contributed by atoms with Crippen LogP contribution in [0.3, 0.4) is 0 Å². The fourth-order valence-corrected chi connectivity index (χ4v) is 3.25. The average Bonchev–Trinajstić information content (AvgIpc) is 2.63. The second-order valence-electron chi connectivity index (χ2n) is 6.03. The van der Waals surface area contributed by atoms with Gasteiger partial charge in [-0.05, 0) is 25.8 Å². The maximum absolute atomic E-state index is 12.4. The molecule has 3 N–H and O–H groups in total. The highest BCUT2D eigenvalue weighted by Gasteiger charge is 2.41. The molecule has 6 nitrogen and oxygen atoms in total. The third kappa shape index (κ3) is 4.27. The number of hydrogen-bond acceptors (Lipinski definition) is 4. The van der Waals surface area contributed by atoms with Crippen LogP contribution in [0.2, 0.25) is 0 Å². The van der Waals surface area contributed by atoms with Crippen LogP contribution < -0.4 is 11.1 Å². The van der Waals surface area contributed by atoms with E-state index in [2.05, 4.69) is 5.32 Å². The molecule has 21 heavy (non-hydrogen) atoms. The quantitative estimate of drug-likeness (QED) is 0.428. The Balaban J connectivity index is 1.85. The molecule has 2 aliphatic rings. The molecule has 0 radical (unpaired) electrons. The lowest BCUT2D eigenvalue weighted by atomic mass is 10.1. The summed E-state index contributed by atoms with van der Waals surface area (Å²) in [5.41, 5.74) is 5.07. The monoisotopic (exact) mass is 295 g/mol. The Hall–Kier alpha value is -1.43. The van der Waals surface area contributed by atoms with Gasteiger partial charge in [-0.15, -0.1) is 0 Å². The standard InChI is InChI=1S/C15H25N3O3/c16-13(19)8-5-9-17-12-10-14(20)18(15(12)21)11-6-3-1-2-4-7-11/h11-12,17H,1-10H2,(H2,16,19). The van der Waals surface area contributed by atoms with Gasteiger partial charge in [-0.2, -0.15) is 0 Å². The number of imide groups is 1. The highest BCUT2D eigenvalue weighted by molar-refractivity contribution is 6.05. The van der Waals surface area contributed by atoms with Gasteiger partial charge in [0.15, 0.2) is 0 Å². The lowest BCUT2D eigenvalue weighted by Crippen LogP contribution is -2.44. The minimum Gasteiger partial charge on any atom is -0.370 e. The number of likely N-dealkylation sites (tertiary alicyclic amines) is 1. The van der Waals surface area contributed by atoms with Crippen LogP contribution in [-0.4, -0.2) is 41.2 Å². The highest BCUT2D eigenvalue weighted by atomic mass is 16.2. The van der Waals surface area contributed by atoms with Crippen molar-refractivity contribution in [2.75, 3.05) is 6.54 Å². The van der Waals surface area contributed by atoms with Crippen LogP contribution in [-0.2, 0) is 14.4 Å². The van der Waals surface area contributed by atoms with E-state index in [-0.39, 0.29) is 30.2 Å². The topological polar surface area (TPSA) is 92.5 Å². The first-order valence-corrected chi connectivity index (χ1v) is 7.97. The van der Waals surface area contributed by atoms with Crippen molar-refractivity contribution in [3.05, 3.63) is 0 Å². The van der Waals surface area contributed by atoms with Crippen molar-refractivity contribution in [3.63, 3.8) is 0 Å². The van der Waals surface area contributed by atoms with Gasteiger partial charge in [0.25, 0.3) is 0 Å². The van der Waals surface area contributed by atoms with Crippen molar-refractivity contribution >= 4 is 17.7 Å². The molecular weight excluding hydrogens is 270 g/mol. The number of rotatable bonds is 6. The van der Waals surface area contributed by atoms with Gasteiger partial charge in [-0.1, -0.05) is 25.7 Å². The van der Waals surface area contributed by atoms with Gasteiger partial charge in [0.1, 0.15) is 0 Å². The van der Waals surface area contributed by atoms with E-state index in [0.29, 0.717) is 19.4 Å². The van der Waals surface area contributed by atoms with Gasteiger partial charge in [0, 0.05) is 12.5 Å². The molecule has 1 atom stereocenters. The molecule has 6 heteroatoms. The molecule has 0 aromatic heterocycles. The van der Waals surface area contributed by atoms with E-state index in [1.807, 2.05) is 0 Å². The molecule has 1 heterocycles. The Labute approximate surface area is 125 Å². The Morgan fingerprint density at radius 3 is 2.48 bits per heavy atom. The molecule has 0 aromatic carbocycles. The molecule has 0 spiro atoms. The second-order valence-corrected chi connectivity index (χ2v) is 6.03. The summed E-state index contributed by atoms with van der Waals surface area (Å²) in [4.78, 5) is 36.7. The molecule has 3 amide bonds. The lowest BCUT2D eigenvalue weighted by molar-refractivity contribution is -0.141. The van der Waals surface area contributed by atoms with Gasteiger partial charge < -0.3 is 11.1 Å². The number of hydrogen-bond donors (Lipinski definition) is 2. The van der Waals surface area contributed by atoms with Gasteiger partial charge in [0.05, 0.1) is 12.5 Å². The zero-order valence-corrected chi connectivity index (χ0v) is 12.5. The highest BCUT2D eigenvalue weighted by Crippen LogP contribution is 2.26. The molecule has 1 saturated heterocycles. The van der Waals surface area contributed by atoms with E-state index in [9.17, 15) is 14.4 Å². The van der Waals surface area contributed by atoms with Crippen LogP contribution in [0.4, 0.5) is 0 Å². The molecule has 1 unspecified atom stereocenters. The molecule has 1 aliphatic heterocycles. The first-order valence-electron chi connectivity index (χ1n) is 7.97. The predicted octanol–water partition coefficient (Wildman–Crippen LogP) is 0.692. The van der Waals surface area contributed by atoms with Crippen molar-refractivity contribution in [2.45, 2.75) is 69.9 Å². The van der Waals surface area contributed by atoms with Gasteiger partial charge >= 0.3 is 0 Å². The largest absolute Gasteiger partial charge is 0.370 e. The molecule has 0 bridgehead atoms. The van der Waals surface area contributed by atoms with E-state index in [0.717, 1.165) is 25.7 Å². The molecule has 118 valence electrons. The number of carbonyl (C=O) groups is 3. The van der Waals surface area contributed by atoms with Crippen molar-refractivity contribution in [1.82, 2.24) is 10.2 Å². The minimum atomic E-state index is -0.423. The number of carbonyl (C=O) groups excluding carboxylic acids is 3. The number of nitrogens with two attached hydrogens (primary N) is 1. The van der Waals surface area contributed by atoms with Crippen molar-refractivity contribution in [1.29, 1.82) is 0 Å². The third-order valence-corrected chi connectivity index (χ3v) is 4.36. The van der Waals surface area contributed by atoms with Gasteiger partial charge in [0.2, 0.25) is 17.7 Å². The molecule has 1 aliphatic carbocycles. The summed E-state index contributed by atoms with van der Waals surface area (Å²) in [6, 6.07) is -0.335. The Morgan fingerprint density at radius 2 is 1.86 bits per heavy atom. The average molecular weight is 295 g/mol. The van der Waals surface area contributed by atoms with E-state index < -0.39 is 6.04 Å². The summed E-state index contributed by atoms with van der Waals surface area (Å²) < 4.78 is 0. The number of primary amides is 1. The third-order valence-electron chi connectivity index (χ3n) is 4.36. The van der Waals surface area contributed by atoms with E-state index >= 15 is 0 Å². The molecule has 2 rings (SSSR count). The van der Waals surface area contributed by atoms with Crippen molar-refractivity contribution in [2.24, 2.45) is 5.73 Å². The van der Waals surface area contributed by atoms with Crippen LogP contribution in [0.25, 0.3) is 0 Å². The molecule has 0 aromatic rings. The number of nitrogens with one attached hydrogen (secondary N) is 1. The van der Waals surface area contributed by atoms with Crippen LogP contribution in [0.1, 0.15) is 57.8 Å². The summed E-state index contributed by atoms with van der Waals surface area (Å²) >= 11 is 0. The molecular formula is C15H25N3O3. The SMILES string of the molecule is NC(=O)CCCNC1CC(=O)N(C2CCCCCC2)C1=O. The van der Waals surface area contributed by atoms with Crippen LogP contribution >= 0.6 is 0 Å². The van der Waals surface area contributed by atoms with Crippen molar-refractivity contribution in [3.8, 4) is 0 Å². The Morgan fingerprint density at radius 1 is 1.19 bits per heavy atom. The Kier molecular flexibility index (Phi) is 5.73. The Bertz CT molecular complexity index is 403. The summed E-state index contributed by atoms with van der Waals surface area (Å²) in [6.07, 6.45) is 7.59. The number of nitrogens with zero attached hydrogens (tertiary/aromatic N) is 1. The molecule has 1 saturated carbocycles. The van der Waals surface area contributed by atoms with E-state index in [1.54, 1.807) is 0 Å². The normalized spacial score (nSPS) is 24.4. The van der Waals surface area contributed by atoms with E-state index in [1.165, 1.54) is 17.7 Å². The zero-order chi connectivity index (χ0) is 15.2. The fourth-order valence-electron chi connectivity index (χ4n) is 3.25. The zero-order valence-electron chi connectivity index (χ0n) is 12.5. The van der Waals surface area contributed by atoms with Gasteiger partial charge in [-0.3, -0.25) is 19.3 Å². The predicted molar refractivity (Wildman–Crippen MR) is 78.2 cm³/mol. The lowest BCUT2D eigenvalue weighted by Gasteiger charge is -2.25. The van der Waals surface area contributed by atoms with Crippen molar-refractivity contribution < 1.29 is 14.4 Å². The van der Waals surface area contributed by atoms with Crippen LogP contribution in [0, 0.1) is 0 Å². The summed E-state index contributed by atoms with van der Waals surface area (Å²) in [5, 5.41) is 3.08. The van der Waals surface area contributed by atoms with Gasteiger partial charge in [-0.25, -0.2) is 0 Å². The molecule has 2 fully saturated rings. The smallest absolute Gasteiger partial charge is 0.247 e. The van der Waals surface area contributed by atoms with E-state index in [4.69, 9.17) is 5.73 Å². The van der Waals surface area contributed by atoms with Crippen LogP contribution in [0.5, 0.6) is 0 Å². The fraction of sp³-hybridized carbons (Fsp3) is 0.800. The first kappa shape index (κ1) is 15.9.